The summed E-state index contributed by atoms with van der Waals surface area (Å²) in [6.45, 7) is 4.30. The van der Waals surface area contributed by atoms with Crippen LogP contribution in [0.15, 0.2) is 61.3 Å². The van der Waals surface area contributed by atoms with Gasteiger partial charge in [-0.2, -0.15) is 0 Å². The molecule has 0 spiro atoms. The quantitative estimate of drug-likeness (QED) is 0.443. The fourth-order valence-electron chi connectivity index (χ4n) is 3.83. The molecule has 0 bridgehead atoms. The lowest BCUT2D eigenvalue weighted by Crippen LogP contribution is -2.27. The second kappa shape index (κ2) is 8.58. The van der Waals surface area contributed by atoms with E-state index in [1.807, 2.05) is 42.5 Å². The molecular formula is C24H21ClN2O4S. The third-order valence-electron chi connectivity index (χ3n) is 5.68. The van der Waals surface area contributed by atoms with Crippen molar-refractivity contribution in [2.75, 3.05) is 18.7 Å². The van der Waals surface area contributed by atoms with Crippen molar-refractivity contribution in [1.29, 1.82) is 0 Å². The Balaban J connectivity index is 1.35. The SMILES string of the molecule is C=CCOC(c1cnc(NC(=O)C2(c3ccc4c(c3)OCO4)CC2)s1)c1ccccc1Cl. The number of fused-ring (bicyclic) bond motifs is 1. The number of hydrogen-bond acceptors (Lipinski definition) is 6. The van der Waals surface area contributed by atoms with Crippen molar-refractivity contribution in [1.82, 2.24) is 4.98 Å². The van der Waals surface area contributed by atoms with Gasteiger partial charge in [0, 0.05) is 16.8 Å². The maximum absolute atomic E-state index is 13.2. The first-order chi connectivity index (χ1) is 15.6. The second-order valence-electron chi connectivity index (χ2n) is 7.70. The van der Waals surface area contributed by atoms with Gasteiger partial charge in [0.25, 0.3) is 0 Å². The van der Waals surface area contributed by atoms with Crippen molar-refractivity contribution in [3.63, 3.8) is 0 Å². The maximum atomic E-state index is 13.2. The molecule has 1 saturated carbocycles. The lowest BCUT2D eigenvalue weighted by molar-refractivity contribution is -0.118. The van der Waals surface area contributed by atoms with E-state index in [-0.39, 0.29) is 12.7 Å². The molecule has 1 atom stereocenters. The molecule has 0 saturated heterocycles. The Morgan fingerprint density at radius 2 is 2.09 bits per heavy atom. The van der Waals surface area contributed by atoms with E-state index < -0.39 is 11.5 Å². The van der Waals surface area contributed by atoms with Gasteiger partial charge >= 0.3 is 0 Å². The third-order valence-corrected chi connectivity index (χ3v) is 6.98. The average molecular weight is 469 g/mol. The Kier molecular flexibility index (Phi) is 5.63. The van der Waals surface area contributed by atoms with Gasteiger partial charge in [0.1, 0.15) is 6.10 Å². The first kappa shape index (κ1) is 21.0. The summed E-state index contributed by atoms with van der Waals surface area (Å²) in [4.78, 5) is 18.5. The van der Waals surface area contributed by atoms with Crippen LogP contribution in [0.1, 0.15) is 34.9 Å². The summed E-state index contributed by atoms with van der Waals surface area (Å²) >= 11 is 7.78. The van der Waals surface area contributed by atoms with Crippen LogP contribution in [0.2, 0.25) is 5.02 Å². The van der Waals surface area contributed by atoms with E-state index in [1.54, 1.807) is 12.3 Å². The average Bonchev–Trinajstić information content (AvgIpc) is 3.26. The fourth-order valence-corrected chi connectivity index (χ4v) is 4.94. The first-order valence-electron chi connectivity index (χ1n) is 10.2. The zero-order valence-corrected chi connectivity index (χ0v) is 18.7. The summed E-state index contributed by atoms with van der Waals surface area (Å²) in [5.41, 5.74) is 1.21. The van der Waals surface area contributed by atoms with Crippen molar-refractivity contribution < 1.29 is 19.0 Å². The van der Waals surface area contributed by atoms with Gasteiger partial charge in [-0.1, -0.05) is 53.3 Å². The first-order valence-corrected chi connectivity index (χ1v) is 11.4. The predicted octanol–water partition coefficient (Wildman–Crippen LogP) is 5.49. The molecule has 2 aromatic carbocycles. The monoisotopic (exact) mass is 468 g/mol. The zero-order chi connectivity index (χ0) is 22.1. The van der Waals surface area contributed by atoms with Crippen molar-refractivity contribution >= 4 is 34.0 Å². The Hall–Kier alpha value is -2.87. The number of hydrogen-bond donors (Lipinski definition) is 1. The lowest BCUT2D eigenvalue weighted by atomic mass is 9.94. The number of nitrogens with zero attached hydrogens (tertiary/aromatic N) is 1. The molecule has 1 aromatic heterocycles. The van der Waals surface area contributed by atoms with Gasteiger partial charge in [-0.15, -0.1) is 6.58 Å². The molecule has 1 fully saturated rings. The van der Waals surface area contributed by atoms with Gasteiger partial charge in [-0.3, -0.25) is 4.79 Å². The molecule has 32 heavy (non-hydrogen) atoms. The number of rotatable bonds is 8. The number of amides is 1. The summed E-state index contributed by atoms with van der Waals surface area (Å²) in [5, 5.41) is 4.13. The number of halogens is 1. The molecule has 1 amide bonds. The molecule has 164 valence electrons. The highest BCUT2D eigenvalue weighted by molar-refractivity contribution is 7.15. The van der Waals surface area contributed by atoms with Crippen LogP contribution in [0.5, 0.6) is 11.5 Å². The second-order valence-corrected chi connectivity index (χ2v) is 9.17. The van der Waals surface area contributed by atoms with Crippen LogP contribution in [0.4, 0.5) is 5.13 Å². The molecule has 1 N–H and O–H groups in total. The van der Waals surface area contributed by atoms with E-state index in [4.69, 9.17) is 25.8 Å². The molecule has 1 unspecified atom stereocenters. The maximum Gasteiger partial charge on any atom is 0.236 e. The van der Waals surface area contributed by atoms with Gasteiger partial charge in [0.15, 0.2) is 16.6 Å². The van der Waals surface area contributed by atoms with Crippen molar-refractivity contribution in [2.45, 2.75) is 24.4 Å². The third kappa shape index (κ3) is 3.88. The number of carbonyl (C=O) groups is 1. The summed E-state index contributed by atoms with van der Waals surface area (Å²) < 4.78 is 16.8. The summed E-state index contributed by atoms with van der Waals surface area (Å²) in [6, 6.07) is 13.2. The normalized spacial score (nSPS) is 16.4. The number of nitrogens with one attached hydrogen (secondary N) is 1. The summed E-state index contributed by atoms with van der Waals surface area (Å²) in [5.74, 6) is 1.32. The van der Waals surface area contributed by atoms with Crippen LogP contribution in [-0.2, 0) is 14.9 Å². The van der Waals surface area contributed by atoms with Crippen LogP contribution in [0.3, 0.4) is 0 Å². The Morgan fingerprint density at radius 3 is 2.88 bits per heavy atom. The number of anilines is 1. The van der Waals surface area contributed by atoms with E-state index in [0.717, 1.165) is 28.8 Å². The number of ether oxygens (including phenoxy) is 3. The highest BCUT2D eigenvalue weighted by atomic mass is 35.5. The van der Waals surface area contributed by atoms with Crippen LogP contribution >= 0.6 is 22.9 Å². The molecule has 1 aliphatic heterocycles. The Morgan fingerprint density at radius 1 is 1.28 bits per heavy atom. The molecule has 1 aliphatic carbocycles. The largest absolute Gasteiger partial charge is 0.454 e. The van der Waals surface area contributed by atoms with Crippen LogP contribution in [0.25, 0.3) is 0 Å². The zero-order valence-electron chi connectivity index (χ0n) is 17.2. The van der Waals surface area contributed by atoms with Crippen molar-refractivity contribution in [3.05, 3.63) is 82.3 Å². The highest BCUT2D eigenvalue weighted by Gasteiger charge is 2.52. The summed E-state index contributed by atoms with van der Waals surface area (Å²) in [7, 11) is 0. The Labute approximate surface area is 194 Å². The number of carbonyl (C=O) groups excluding carboxylic acids is 1. The lowest BCUT2D eigenvalue weighted by Gasteiger charge is -2.17. The molecule has 0 radical (unpaired) electrons. The van der Waals surface area contributed by atoms with Gasteiger partial charge in [0.2, 0.25) is 12.7 Å². The van der Waals surface area contributed by atoms with Gasteiger partial charge in [0.05, 0.1) is 16.9 Å². The number of aromatic nitrogens is 1. The van der Waals surface area contributed by atoms with Crippen LogP contribution in [0, 0.1) is 0 Å². The minimum Gasteiger partial charge on any atom is -0.454 e. The minimum absolute atomic E-state index is 0.0708. The van der Waals surface area contributed by atoms with Gasteiger partial charge < -0.3 is 19.5 Å². The molecule has 2 aliphatic rings. The standard InChI is InChI=1S/C24H21ClN2O4S/c1-2-11-29-21(16-5-3-4-6-17(16)25)20-13-26-23(32-20)27-22(28)24(9-10-24)15-7-8-18-19(12-15)31-14-30-18/h2-8,12-13,21H,1,9-11,14H2,(H,26,27,28). The van der Waals surface area contributed by atoms with E-state index in [0.29, 0.717) is 28.3 Å². The molecule has 2 heterocycles. The van der Waals surface area contributed by atoms with Crippen molar-refractivity contribution in [3.8, 4) is 11.5 Å². The molecular weight excluding hydrogens is 448 g/mol. The molecule has 5 rings (SSSR count). The van der Waals surface area contributed by atoms with E-state index >= 15 is 0 Å². The minimum atomic E-state index is -0.561. The number of benzene rings is 2. The number of thiazole rings is 1. The smallest absolute Gasteiger partial charge is 0.236 e. The van der Waals surface area contributed by atoms with Gasteiger partial charge in [-0.25, -0.2) is 4.98 Å². The van der Waals surface area contributed by atoms with Crippen molar-refractivity contribution in [2.24, 2.45) is 0 Å². The van der Waals surface area contributed by atoms with Crippen LogP contribution < -0.4 is 14.8 Å². The van der Waals surface area contributed by atoms with Crippen LogP contribution in [-0.4, -0.2) is 24.3 Å². The summed E-state index contributed by atoms with van der Waals surface area (Å²) in [6.07, 6.45) is 4.57. The topological polar surface area (TPSA) is 69.7 Å². The van der Waals surface area contributed by atoms with E-state index in [9.17, 15) is 4.79 Å². The van der Waals surface area contributed by atoms with E-state index in [1.165, 1.54) is 11.3 Å². The molecule has 3 aromatic rings. The predicted molar refractivity (Wildman–Crippen MR) is 124 cm³/mol. The highest BCUT2D eigenvalue weighted by Crippen LogP contribution is 2.51. The fraction of sp³-hybridized carbons (Fsp3) is 0.250. The van der Waals surface area contributed by atoms with E-state index in [2.05, 4.69) is 16.9 Å². The Bertz CT molecular complexity index is 1170. The van der Waals surface area contributed by atoms with Gasteiger partial charge in [-0.05, 0) is 36.6 Å². The molecule has 8 heteroatoms. The molecule has 6 nitrogen and oxygen atoms in total.